The Morgan fingerprint density at radius 2 is 2.25 bits per heavy atom. The number of carbonyl (C=O) groups is 1. The molecule has 2 fully saturated rings. The zero-order valence-corrected chi connectivity index (χ0v) is 7.62. The second-order valence-electron chi connectivity index (χ2n) is 3.92. The standard InChI is InChI=1S/C9H15NO2/c1-6(2)10-7-4-3-5-8(7)12-9(10)11/h6-8H,3-5H2,1-2H3/t7-,8+/m1/s1. The van der Waals surface area contributed by atoms with Crippen LogP contribution in [0, 0.1) is 0 Å². The summed E-state index contributed by atoms with van der Waals surface area (Å²) in [7, 11) is 0. The second kappa shape index (κ2) is 2.64. The van der Waals surface area contributed by atoms with Gasteiger partial charge in [0, 0.05) is 6.04 Å². The molecule has 1 heterocycles. The Morgan fingerprint density at radius 3 is 2.92 bits per heavy atom. The lowest BCUT2D eigenvalue weighted by Gasteiger charge is -2.23. The van der Waals surface area contributed by atoms with Crippen LogP contribution in [0.5, 0.6) is 0 Å². The molecular weight excluding hydrogens is 154 g/mol. The molecule has 0 radical (unpaired) electrons. The third kappa shape index (κ3) is 0.993. The lowest BCUT2D eigenvalue weighted by molar-refractivity contribution is 0.127. The maximum Gasteiger partial charge on any atom is 0.410 e. The van der Waals surface area contributed by atoms with Gasteiger partial charge in [0.15, 0.2) is 0 Å². The van der Waals surface area contributed by atoms with Gasteiger partial charge in [-0.1, -0.05) is 0 Å². The largest absolute Gasteiger partial charge is 0.444 e. The first-order chi connectivity index (χ1) is 5.70. The molecule has 0 unspecified atom stereocenters. The maximum absolute atomic E-state index is 11.3. The fourth-order valence-corrected chi connectivity index (χ4v) is 2.28. The third-order valence-electron chi connectivity index (χ3n) is 2.79. The Labute approximate surface area is 72.7 Å². The molecule has 1 aliphatic carbocycles. The van der Waals surface area contributed by atoms with Crippen LogP contribution in [-0.4, -0.2) is 29.2 Å². The minimum Gasteiger partial charge on any atom is -0.444 e. The fraction of sp³-hybridized carbons (Fsp3) is 0.889. The van der Waals surface area contributed by atoms with Gasteiger partial charge in [-0.2, -0.15) is 0 Å². The summed E-state index contributed by atoms with van der Waals surface area (Å²) in [6, 6.07) is 0.656. The van der Waals surface area contributed by atoms with E-state index in [0.717, 1.165) is 12.8 Å². The van der Waals surface area contributed by atoms with Gasteiger partial charge in [0.05, 0.1) is 6.04 Å². The lowest BCUT2D eigenvalue weighted by Crippen LogP contribution is -2.39. The Balaban J connectivity index is 2.16. The van der Waals surface area contributed by atoms with Crippen molar-refractivity contribution in [3.05, 3.63) is 0 Å². The number of nitrogens with zero attached hydrogens (tertiary/aromatic N) is 1. The number of fused-ring (bicyclic) bond motifs is 1. The molecule has 1 saturated carbocycles. The fourth-order valence-electron chi connectivity index (χ4n) is 2.28. The number of rotatable bonds is 1. The molecule has 0 N–H and O–H groups in total. The van der Waals surface area contributed by atoms with Crippen molar-refractivity contribution in [3.8, 4) is 0 Å². The Morgan fingerprint density at radius 1 is 1.50 bits per heavy atom. The van der Waals surface area contributed by atoms with E-state index in [1.165, 1.54) is 6.42 Å². The molecule has 12 heavy (non-hydrogen) atoms. The summed E-state index contributed by atoms with van der Waals surface area (Å²) >= 11 is 0. The smallest absolute Gasteiger partial charge is 0.410 e. The van der Waals surface area contributed by atoms with Crippen molar-refractivity contribution in [2.75, 3.05) is 0 Å². The Bertz CT molecular complexity index is 203. The monoisotopic (exact) mass is 169 g/mol. The number of hydrogen-bond donors (Lipinski definition) is 0. The highest BCUT2D eigenvalue weighted by Crippen LogP contribution is 2.34. The molecule has 3 heteroatoms. The molecule has 3 nitrogen and oxygen atoms in total. The van der Waals surface area contributed by atoms with Gasteiger partial charge in [-0.3, -0.25) is 4.90 Å². The normalized spacial score (nSPS) is 34.2. The van der Waals surface area contributed by atoms with Crippen LogP contribution in [0.25, 0.3) is 0 Å². The maximum atomic E-state index is 11.3. The summed E-state index contributed by atoms with van der Waals surface area (Å²) in [5, 5.41) is 0. The lowest BCUT2D eigenvalue weighted by atomic mass is 10.2. The summed E-state index contributed by atoms with van der Waals surface area (Å²) in [5.41, 5.74) is 0. The van der Waals surface area contributed by atoms with E-state index in [1.54, 1.807) is 0 Å². The summed E-state index contributed by atoms with van der Waals surface area (Å²) < 4.78 is 5.25. The van der Waals surface area contributed by atoms with E-state index in [4.69, 9.17) is 4.74 Å². The molecule has 2 rings (SSSR count). The number of ether oxygens (including phenoxy) is 1. The van der Waals surface area contributed by atoms with Gasteiger partial charge >= 0.3 is 6.09 Å². The van der Waals surface area contributed by atoms with Crippen LogP contribution in [0.1, 0.15) is 33.1 Å². The summed E-state index contributed by atoms with van der Waals surface area (Å²) in [6.07, 6.45) is 3.46. The SMILES string of the molecule is CC(C)N1C(=O)O[C@H]2CCC[C@H]21. The zero-order chi connectivity index (χ0) is 8.72. The minimum absolute atomic E-state index is 0.111. The van der Waals surface area contributed by atoms with E-state index in [-0.39, 0.29) is 18.2 Å². The van der Waals surface area contributed by atoms with Gasteiger partial charge in [-0.15, -0.1) is 0 Å². The van der Waals surface area contributed by atoms with Crippen molar-refractivity contribution in [1.82, 2.24) is 4.90 Å². The van der Waals surface area contributed by atoms with E-state index >= 15 is 0 Å². The van der Waals surface area contributed by atoms with Crippen molar-refractivity contribution in [2.24, 2.45) is 0 Å². The highest BCUT2D eigenvalue weighted by molar-refractivity contribution is 5.71. The van der Waals surface area contributed by atoms with Crippen LogP contribution in [0.4, 0.5) is 4.79 Å². The number of carbonyl (C=O) groups excluding carboxylic acids is 1. The van der Waals surface area contributed by atoms with Crippen molar-refractivity contribution in [2.45, 2.75) is 51.3 Å². The zero-order valence-electron chi connectivity index (χ0n) is 7.62. The van der Waals surface area contributed by atoms with Crippen LogP contribution in [-0.2, 0) is 4.74 Å². The van der Waals surface area contributed by atoms with E-state index < -0.39 is 0 Å². The topological polar surface area (TPSA) is 29.5 Å². The Hall–Kier alpha value is -0.730. The average Bonchev–Trinajstić information content (AvgIpc) is 2.44. The summed E-state index contributed by atoms with van der Waals surface area (Å²) in [5.74, 6) is 0. The van der Waals surface area contributed by atoms with Crippen molar-refractivity contribution in [1.29, 1.82) is 0 Å². The molecule has 1 saturated heterocycles. The van der Waals surface area contributed by atoms with E-state index in [9.17, 15) is 4.79 Å². The highest BCUT2D eigenvalue weighted by Gasteiger charge is 2.45. The van der Waals surface area contributed by atoms with E-state index in [1.807, 2.05) is 18.7 Å². The van der Waals surface area contributed by atoms with Gasteiger partial charge < -0.3 is 4.74 Å². The van der Waals surface area contributed by atoms with Crippen LogP contribution in [0.2, 0.25) is 0 Å². The van der Waals surface area contributed by atoms with Crippen LogP contribution in [0.15, 0.2) is 0 Å². The Kier molecular flexibility index (Phi) is 1.74. The van der Waals surface area contributed by atoms with Crippen LogP contribution < -0.4 is 0 Å². The molecule has 0 spiro atoms. The molecule has 2 atom stereocenters. The minimum atomic E-state index is -0.111. The molecule has 1 aliphatic heterocycles. The molecule has 0 aromatic carbocycles. The number of hydrogen-bond acceptors (Lipinski definition) is 2. The van der Waals surface area contributed by atoms with Crippen LogP contribution >= 0.6 is 0 Å². The van der Waals surface area contributed by atoms with Gasteiger partial charge in [-0.05, 0) is 33.1 Å². The molecule has 2 aliphatic rings. The first kappa shape index (κ1) is 7.90. The van der Waals surface area contributed by atoms with E-state index in [2.05, 4.69) is 0 Å². The van der Waals surface area contributed by atoms with Gasteiger partial charge in [0.1, 0.15) is 6.10 Å². The molecule has 0 aromatic heterocycles. The van der Waals surface area contributed by atoms with Gasteiger partial charge in [0.2, 0.25) is 0 Å². The first-order valence-electron chi connectivity index (χ1n) is 4.69. The predicted octanol–water partition coefficient (Wildman–Crippen LogP) is 1.77. The molecular formula is C9H15NO2. The molecule has 1 amide bonds. The van der Waals surface area contributed by atoms with Crippen LogP contribution in [0.3, 0.4) is 0 Å². The third-order valence-corrected chi connectivity index (χ3v) is 2.79. The molecule has 68 valence electrons. The van der Waals surface area contributed by atoms with Crippen molar-refractivity contribution >= 4 is 6.09 Å². The predicted molar refractivity (Wildman–Crippen MR) is 44.9 cm³/mol. The quantitative estimate of drug-likeness (QED) is 0.598. The van der Waals surface area contributed by atoms with Gasteiger partial charge in [-0.25, -0.2) is 4.79 Å². The first-order valence-corrected chi connectivity index (χ1v) is 4.69. The number of amides is 1. The average molecular weight is 169 g/mol. The second-order valence-corrected chi connectivity index (χ2v) is 3.92. The molecule has 0 bridgehead atoms. The molecule has 0 aromatic rings. The van der Waals surface area contributed by atoms with Gasteiger partial charge in [0.25, 0.3) is 0 Å². The summed E-state index contributed by atoms with van der Waals surface area (Å²) in [6.45, 7) is 4.09. The van der Waals surface area contributed by atoms with E-state index in [0.29, 0.717) is 6.04 Å². The van der Waals surface area contributed by atoms with Crippen molar-refractivity contribution in [3.63, 3.8) is 0 Å². The van der Waals surface area contributed by atoms with Crippen molar-refractivity contribution < 1.29 is 9.53 Å². The summed E-state index contributed by atoms with van der Waals surface area (Å²) in [4.78, 5) is 13.2. The highest BCUT2D eigenvalue weighted by atomic mass is 16.6.